The first kappa shape index (κ1) is 13.1. The highest BCUT2D eigenvalue weighted by Crippen LogP contribution is 2.18. The molecular weight excluding hydrogens is 240 g/mol. The zero-order chi connectivity index (χ0) is 13.7. The van der Waals surface area contributed by atoms with Crippen LogP contribution in [-0.2, 0) is 9.59 Å². The van der Waals surface area contributed by atoms with Crippen molar-refractivity contribution in [2.75, 3.05) is 11.9 Å². The van der Waals surface area contributed by atoms with Crippen molar-refractivity contribution < 1.29 is 9.59 Å². The Bertz CT molecular complexity index is 608. The Hall–Kier alpha value is -2.36. The van der Waals surface area contributed by atoms with Crippen LogP contribution in [0.3, 0.4) is 0 Å². The number of carbonyl (C=O) groups excluding carboxylic acids is 2. The maximum absolute atomic E-state index is 11.6. The van der Waals surface area contributed by atoms with Gasteiger partial charge in [-0.1, -0.05) is 37.3 Å². The molecule has 2 N–H and O–H groups in total. The van der Waals surface area contributed by atoms with Crippen LogP contribution >= 0.6 is 0 Å². The summed E-state index contributed by atoms with van der Waals surface area (Å²) in [5.41, 5.74) is 0.621. The summed E-state index contributed by atoms with van der Waals surface area (Å²) in [6.07, 6.45) is 0.801. The average molecular weight is 256 g/mol. The minimum absolute atomic E-state index is 0.504. The van der Waals surface area contributed by atoms with E-state index in [1.54, 1.807) is 6.07 Å². The van der Waals surface area contributed by atoms with Gasteiger partial charge in [0.2, 0.25) is 0 Å². The second-order valence-electron chi connectivity index (χ2n) is 4.27. The molecule has 0 atom stereocenters. The average Bonchev–Trinajstić information content (AvgIpc) is 2.44. The maximum Gasteiger partial charge on any atom is 0.313 e. The molecule has 0 radical (unpaired) electrons. The Morgan fingerprint density at radius 3 is 2.47 bits per heavy atom. The molecule has 98 valence electrons. The van der Waals surface area contributed by atoms with E-state index in [0.717, 1.165) is 17.2 Å². The lowest BCUT2D eigenvalue weighted by molar-refractivity contribution is -0.136. The van der Waals surface area contributed by atoms with Crippen molar-refractivity contribution in [1.29, 1.82) is 0 Å². The van der Waals surface area contributed by atoms with Gasteiger partial charge in [-0.2, -0.15) is 0 Å². The molecule has 0 aromatic heterocycles. The van der Waals surface area contributed by atoms with Crippen molar-refractivity contribution in [3.63, 3.8) is 0 Å². The fourth-order valence-electron chi connectivity index (χ4n) is 1.77. The van der Waals surface area contributed by atoms with Crippen molar-refractivity contribution in [3.05, 3.63) is 42.5 Å². The number of rotatable bonds is 3. The van der Waals surface area contributed by atoms with Gasteiger partial charge in [-0.15, -0.1) is 0 Å². The molecule has 0 unspecified atom stereocenters. The molecule has 4 heteroatoms. The fourth-order valence-corrected chi connectivity index (χ4v) is 1.77. The molecule has 0 spiro atoms. The van der Waals surface area contributed by atoms with E-state index < -0.39 is 11.8 Å². The summed E-state index contributed by atoms with van der Waals surface area (Å²) >= 11 is 0. The summed E-state index contributed by atoms with van der Waals surface area (Å²) in [7, 11) is 0. The smallest absolute Gasteiger partial charge is 0.313 e. The number of hydrogen-bond donors (Lipinski definition) is 2. The standard InChI is InChI=1S/C15H16N2O2/c1-2-9-16-14(18)15(19)17-13-8-7-11-5-3-4-6-12(11)10-13/h3-8,10H,2,9H2,1H3,(H,16,18)(H,17,19). The quantitative estimate of drug-likeness (QED) is 0.828. The lowest BCUT2D eigenvalue weighted by Crippen LogP contribution is -2.35. The van der Waals surface area contributed by atoms with E-state index in [2.05, 4.69) is 10.6 Å². The second kappa shape index (κ2) is 6.00. The fraction of sp³-hybridized carbons (Fsp3) is 0.200. The molecular formula is C15H16N2O2. The predicted octanol–water partition coefficient (Wildman–Crippen LogP) is 2.30. The third kappa shape index (κ3) is 3.31. The highest BCUT2D eigenvalue weighted by molar-refractivity contribution is 6.39. The van der Waals surface area contributed by atoms with Crippen molar-refractivity contribution in [3.8, 4) is 0 Å². The normalized spacial score (nSPS) is 10.2. The molecule has 0 aliphatic heterocycles. The first-order valence-electron chi connectivity index (χ1n) is 6.28. The molecule has 0 bridgehead atoms. The van der Waals surface area contributed by atoms with E-state index in [1.165, 1.54) is 0 Å². The maximum atomic E-state index is 11.6. The van der Waals surface area contributed by atoms with Gasteiger partial charge in [0.15, 0.2) is 0 Å². The summed E-state index contributed by atoms with van der Waals surface area (Å²) < 4.78 is 0. The van der Waals surface area contributed by atoms with Gasteiger partial charge in [0.25, 0.3) is 0 Å². The Morgan fingerprint density at radius 2 is 1.74 bits per heavy atom. The van der Waals surface area contributed by atoms with Crippen LogP contribution in [0.2, 0.25) is 0 Å². The number of fused-ring (bicyclic) bond motifs is 1. The Balaban J connectivity index is 2.08. The molecule has 2 aromatic carbocycles. The summed E-state index contributed by atoms with van der Waals surface area (Å²) in [5.74, 6) is -1.24. The van der Waals surface area contributed by atoms with Crippen LogP contribution < -0.4 is 10.6 Å². The zero-order valence-corrected chi connectivity index (χ0v) is 10.8. The lowest BCUT2D eigenvalue weighted by atomic mass is 10.1. The molecule has 2 rings (SSSR count). The van der Waals surface area contributed by atoms with Gasteiger partial charge in [0.05, 0.1) is 0 Å². The third-order valence-corrected chi connectivity index (χ3v) is 2.75. The highest BCUT2D eigenvalue weighted by Gasteiger charge is 2.12. The summed E-state index contributed by atoms with van der Waals surface area (Å²) in [6.45, 7) is 2.44. The number of hydrogen-bond acceptors (Lipinski definition) is 2. The molecule has 0 saturated carbocycles. The molecule has 0 fully saturated rings. The van der Waals surface area contributed by atoms with E-state index in [0.29, 0.717) is 12.2 Å². The SMILES string of the molecule is CCCNC(=O)C(=O)Nc1ccc2ccccc2c1. The van der Waals surface area contributed by atoms with Gasteiger partial charge in [0, 0.05) is 12.2 Å². The van der Waals surface area contributed by atoms with Gasteiger partial charge in [0.1, 0.15) is 0 Å². The van der Waals surface area contributed by atoms with Crippen LogP contribution in [0, 0.1) is 0 Å². The van der Waals surface area contributed by atoms with Crippen LogP contribution in [0.15, 0.2) is 42.5 Å². The van der Waals surface area contributed by atoms with Crippen molar-refractivity contribution in [2.24, 2.45) is 0 Å². The van der Waals surface area contributed by atoms with Crippen LogP contribution in [0.4, 0.5) is 5.69 Å². The van der Waals surface area contributed by atoms with Crippen molar-refractivity contribution >= 4 is 28.3 Å². The Labute approximate surface area is 111 Å². The second-order valence-corrected chi connectivity index (χ2v) is 4.27. The lowest BCUT2D eigenvalue weighted by Gasteiger charge is -2.06. The van der Waals surface area contributed by atoms with Crippen LogP contribution in [-0.4, -0.2) is 18.4 Å². The van der Waals surface area contributed by atoms with E-state index in [1.807, 2.05) is 43.3 Å². The van der Waals surface area contributed by atoms with Crippen molar-refractivity contribution in [1.82, 2.24) is 5.32 Å². The summed E-state index contributed by atoms with van der Waals surface area (Å²) in [6, 6.07) is 13.4. The highest BCUT2D eigenvalue weighted by atomic mass is 16.2. The molecule has 19 heavy (non-hydrogen) atoms. The van der Waals surface area contributed by atoms with E-state index in [4.69, 9.17) is 0 Å². The molecule has 2 amide bonds. The number of benzene rings is 2. The first-order valence-corrected chi connectivity index (χ1v) is 6.28. The monoisotopic (exact) mass is 256 g/mol. The van der Waals surface area contributed by atoms with Crippen molar-refractivity contribution in [2.45, 2.75) is 13.3 Å². The van der Waals surface area contributed by atoms with Crippen LogP contribution in [0.5, 0.6) is 0 Å². The predicted molar refractivity (Wildman–Crippen MR) is 75.9 cm³/mol. The Kier molecular flexibility index (Phi) is 4.13. The van der Waals surface area contributed by atoms with Gasteiger partial charge in [-0.05, 0) is 29.3 Å². The van der Waals surface area contributed by atoms with Crippen LogP contribution in [0.1, 0.15) is 13.3 Å². The number of nitrogens with one attached hydrogen (secondary N) is 2. The number of amides is 2. The third-order valence-electron chi connectivity index (χ3n) is 2.75. The minimum Gasteiger partial charge on any atom is -0.348 e. The molecule has 2 aromatic rings. The Morgan fingerprint density at radius 1 is 1.00 bits per heavy atom. The van der Waals surface area contributed by atoms with Gasteiger partial charge in [-0.25, -0.2) is 0 Å². The molecule has 4 nitrogen and oxygen atoms in total. The minimum atomic E-state index is -0.635. The number of carbonyl (C=O) groups is 2. The van der Waals surface area contributed by atoms with E-state index in [9.17, 15) is 9.59 Å². The topological polar surface area (TPSA) is 58.2 Å². The summed E-state index contributed by atoms with van der Waals surface area (Å²) in [4.78, 5) is 23.1. The molecule has 0 saturated heterocycles. The van der Waals surface area contributed by atoms with Gasteiger partial charge < -0.3 is 10.6 Å². The zero-order valence-electron chi connectivity index (χ0n) is 10.8. The molecule has 0 aliphatic rings. The van der Waals surface area contributed by atoms with Gasteiger partial charge in [-0.3, -0.25) is 9.59 Å². The number of anilines is 1. The summed E-state index contributed by atoms with van der Waals surface area (Å²) in [5, 5.41) is 7.25. The largest absolute Gasteiger partial charge is 0.348 e. The molecule has 0 heterocycles. The first-order chi connectivity index (χ1) is 9.20. The molecule has 0 aliphatic carbocycles. The van der Waals surface area contributed by atoms with Gasteiger partial charge >= 0.3 is 11.8 Å². The van der Waals surface area contributed by atoms with E-state index >= 15 is 0 Å². The van der Waals surface area contributed by atoms with E-state index in [-0.39, 0.29) is 0 Å². The van der Waals surface area contributed by atoms with Crippen LogP contribution in [0.25, 0.3) is 10.8 Å².